The SMILES string of the molecule is CCn1c(SCc2ccc(-c3ccccc3C#N)cc2)nnc1-c1ccncc1. The molecule has 0 N–H and O–H groups in total. The molecule has 0 fully saturated rings. The number of nitrogens with zero attached hydrogens (tertiary/aromatic N) is 5. The molecule has 142 valence electrons. The van der Waals surface area contributed by atoms with Crippen LogP contribution in [-0.2, 0) is 12.3 Å². The number of hydrogen-bond donors (Lipinski definition) is 0. The van der Waals surface area contributed by atoms with E-state index in [1.54, 1.807) is 24.2 Å². The lowest BCUT2D eigenvalue weighted by Crippen LogP contribution is -2.00. The summed E-state index contributed by atoms with van der Waals surface area (Å²) in [5, 5.41) is 19.0. The van der Waals surface area contributed by atoms with Crippen LogP contribution >= 0.6 is 11.8 Å². The molecular formula is C23H19N5S. The van der Waals surface area contributed by atoms with Gasteiger partial charge in [-0.25, -0.2) is 0 Å². The molecule has 0 spiro atoms. The Kier molecular flexibility index (Phi) is 5.68. The van der Waals surface area contributed by atoms with Crippen molar-refractivity contribution in [3.8, 4) is 28.6 Å². The third kappa shape index (κ3) is 4.05. The summed E-state index contributed by atoms with van der Waals surface area (Å²) < 4.78 is 2.12. The van der Waals surface area contributed by atoms with Crippen molar-refractivity contribution >= 4 is 11.8 Å². The van der Waals surface area contributed by atoms with E-state index in [-0.39, 0.29) is 0 Å². The Labute approximate surface area is 174 Å². The van der Waals surface area contributed by atoms with Crippen molar-refractivity contribution in [2.24, 2.45) is 0 Å². The Bertz CT molecular complexity index is 1140. The van der Waals surface area contributed by atoms with Gasteiger partial charge in [-0.15, -0.1) is 10.2 Å². The summed E-state index contributed by atoms with van der Waals surface area (Å²) in [6.45, 7) is 2.90. The average Bonchev–Trinajstić information content (AvgIpc) is 3.21. The van der Waals surface area contributed by atoms with Crippen LogP contribution in [-0.4, -0.2) is 19.7 Å². The van der Waals surface area contributed by atoms with E-state index in [0.717, 1.165) is 40.0 Å². The first kappa shape index (κ1) is 18.9. The maximum Gasteiger partial charge on any atom is 0.191 e. The van der Waals surface area contributed by atoms with Crippen LogP contribution in [0.3, 0.4) is 0 Å². The second-order valence-electron chi connectivity index (χ2n) is 6.43. The highest BCUT2D eigenvalue weighted by Gasteiger charge is 2.13. The van der Waals surface area contributed by atoms with Crippen LogP contribution < -0.4 is 0 Å². The molecule has 5 nitrogen and oxygen atoms in total. The number of thioether (sulfide) groups is 1. The summed E-state index contributed by atoms with van der Waals surface area (Å²) in [6, 6.07) is 22.2. The predicted molar refractivity (Wildman–Crippen MR) is 115 cm³/mol. The van der Waals surface area contributed by atoms with Gasteiger partial charge in [-0.3, -0.25) is 4.98 Å². The third-order valence-corrected chi connectivity index (χ3v) is 5.69. The molecule has 0 radical (unpaired) electrons. The molecule has 0 saturated heterocycles. The van der Waals surface area contributed by atoms with E-state index in [4.69, 9.17) is 0 Å². The molecule has 0 aliphatic carbocycles. The first-order valence-electron chi connectivity index (χ1n) is 9.35. The second kappa shape index (κ2) is 8.72. The maximum atomic E-state index is 9.31. The molecule has 29 heavy (non-hydrogen) atoms. The van der Waals surface area contributed by atoms with Gasteiger partial charge < -0.3 is 4.57 Å². The van der Waals surface area contributed by atoms with Crippen LogP contribution in [0.2, 0.25) is 0 Å². The van der Waals surface area contributed by atoms with Crippen molar-refractivity contribution in [3.05, 3.63) is 84.2 Å². The molecule has 4 aromatic rings. The van der Waals surface area contributed by atoms with Gasteiger partial charge in [0.1, 0.15) is 0 Å². The molecule has 2 aromatic heterocycles. The molecule has 4 rings (SSSR count). The number of nitriles is 1. The molecule has 0 amide bonds. The first-order chi connectivity index (χ1) is 14.3. The zero-order valence-corrected chi connectivity index (χ0v) is 16.8. The molecule has 6 heteroatoms. The number of hydrogen-bond acceptors (Lipinski definition) is 5. The maximum absolute atomic E-state index is 9.31. The van der Waals surface area contributed by atoms with Gasteiger partial charge in [-0.2, -0.15) is 5.26 Å². The molecule has 2 heterocycles. The molecule has 0 unspecified atom stereocenters. The van der Waals surface area contributed by atoms with Gasteiger partial charge in [-0.1, -0.05) is 54.2 Å². The van der Waals surface area contributed by atoms with E-state index >= 15 is 0 Å². The van der Waals surface area contributed by atoms with Crippen LogP contribution in [0.5, 0.6) is 0 Å². The minimum Gasteiger partial charge on any atom is -0.302 e. The highest BCUT2D eigenvalue weighted by molar-refractivity contribution is 7.98. The van der Waals surface area contributed by atoms with Crippen molar-refractivity contribution < 1.29 is 0 Å². The van der Waals surface area contributed by atoms with Crippen LogP contribution in [0, 0.1) is 11.3 Å². The lowest BCUT2D eigenvalue weighted by Gasteiger charge is -2.08. The van der Waals surface area contributed by atoms with Gasteiger partial charge in [-0.05, 0) is 41.8 Å². The lowest BCUT2D eigenvalue weighted by molar-refractivity contribution is 0.687. The summed E-state index contributed by atoms with van der Waals surface area (Å²) >= 11 is 1.67. The number of rotatable bonds is 6. The summed E-state index contributed by atoms with van der Waals surface area (Å²) in [4.78, 5) is 4.07. The van der Waals surface area contributed by atoms with Crippen LogP contribution in [0.25, 0.3) is 22.5 Å². The lowest BCUT2D eigenvalue weighted by atomic mass is 10.00. The fourth-order valence-electron chi connectivity index (χ4n) is 3.16. The van der Waals surface area contributed by atoms with E-state index in [0.29, 0.717) is 5.56 Å². The second-order valence-corrected chi connectivity index (χ2v) is 7.37. The minimum absolute atomic E-state index is 0.689. The normalized spacial score (nSPS) is 10.6. The minimum atomic E-state index is 0.689. The van der Waals surface area contributed by atoms with Gasteiger partial charge in [0.2, 0.25) is 0 Å². The first-order valence-corrected chi connectivity index (χ1v) is 10.3. The molecule has 0 aliphatic heterocycles. The fourth-order valence-corrected chi connectivity index (χ4v) is 4.11. The zero-order chi connectivity index (χ0) is 20.1. The largest absolute Gasteiger partial charge is 0.302 e. The van der Waals surface area contributed by atoms with Gasteiger partial charge in [0.05, 0.1) is 11.6 Å². The Morgan fingerprint density at radius 2 is 1.69 bits per heavy atom. The summed E-state index contributed by atoms with van der Waals surface area (Å²) in [5.74, 6) is 1.66. The number of aromatic nitrogens is 4. The van der Waals surface area contributed by atoms with E-state index in [1.807, 2.05) is 36.4 Å². The Morgan fingerprint density at radius 3 is 2.41 bits per heavy atom. The highest BCUT2D eigenvalue weighted by Crippen LogP contribution is 2.28. The van der Waals surface area contributed by atoms with Crippen molar-refractivity contribution in [2.45, 2.75) is 24.4 Å². The van der Waals surface area contributed by atoms with E-state index in [1.165, 1.54) is 5.56 Å². The van der Waals surface area contributed by atoms with Gasteiger partial charge in [0, 0.05) is 30.3 Å². The molecule has 0 bridgehead atoms. The average molecular weight is 398 g/mol. The molecule has 0 atom stereocenters. The van der Waals surface area contributed by atoms with Crippen LogP contribution in [0.15, 0.2) is 78.2 Å². The molecule has 0 saturated carbocycles. The molecule has 2 aromatic carbocycles. The summed E-state index contributed by atoms with van der Waals surface area (Å²) in [7, 11) is 0. The van der Waals surface area contributed by atoms with Gasteiger partial charge in [0.15, 0.2) is 11.0 Å². The number of pyridine rings is 1. The van der Waals surface area contributed by atoms with Crippen molar-refractivity contribution in [1.82, 2.24) is 19.7 Å². The quantitative estimate of drug-likeness (QED) is 0.419. The van der Waals surface area contributed by atoms with E-state index in [2.05, 4.69) is 57.0 Å². The highest BCUT2D eigenvalue weighted by atomic mass is 32.2. The zero-order valence-electron chi connectivity index (χ0n) is 16.0. The summed E-state index contributed by atoms with van der Waals surface area (Å²) in [5.41, 5.74) is 4.91. The standard InChI is InChI=1S/C23H19N5S/c1-2-28-22(19-11-13-25-14-12-19)26-27-23(28)29-16-17-7-9-18(10-8-17)21-6-4-3-5-20(21)15-24/h3-14H,2,16H2,1H3. The summed E-state index contributed by atoms with van der Waals surface area (Å²) in [6.07, 6.45) is 3.53. The smallest absolute Gasteiger partial charge is 0.191 e. The van der Waals surface area contributed by atoms with Gasteiger partial charge in [0.25, 0.3) is 0 Å². The number of benzene rings is 2. The Morgan fingerprint density at radius 1 is 0.931 bits per heavy atom. The Hall–Kier alpha value is -3.43. The molecular weight excluding hydrogens is 378 g/mol. The predicted octanol–water partition coefficient (Wildman–Crippen LogP) is 5.19. The van der Waals surface area contributed by atoms with E-state index in [9.17, 15) is 5.26 Å². The van der Waals surface area contributed by atoms with Crippen molar-refractivity contribution in [3.63, 3.8) is 0 Å². The fraction of sp³-hybridized carbons (Fsp3) is 0.130. The van der Waals surface area contributed by atoms with Crippen molar-refractivity contribution in [2.75, 3.05) is 0 Å². The van der Waals surface area contributed by atoms with Crippen molar-refractivity contribution in [1.29, 1.82) is 5.26 Å². The third-order valence-electron chi connectivity index (χ3n) is 4.65. The molecule has 0 aliphatic rings. The van der Waals surface area contributed by atoms with Crippen LogP contribution in [0.1, 0.15) is 18.1 Å². The van der Waals surface area contributed by atoms with E-state index < -0.39 is 0 Å². The van der Waals surface area contributed by atoms with Gasteiger partial charge >= 0.3 is 0 Å². The topological polar surface area (TPSA) is 67.4 Å². The van der Waals surface area contributed by atoms with Crippen LogP contribution in [0.4, 0.5) is 0 Å². The monoisotopic (exact) mass is 397 g/mol. The Balaban J connectivity index is 1.50.